The molecule has 1 aliphatic rings. The summed E-state index contributed by atoms with van der Waals surface area (Å²) in [6.45, 7) is 1.64. The first kappa shape index (κ1) is 18.4. The lowest BCUT2D eigenvalue weighted by Gasteiger charge is -2.23. The zero-order valence-electron chi connectivity index (χ0n) is 14.7. The third-order valence-electron chi connectivity index (χ3n) is 4.16. The maximum Gasteiger partial charge on any atom is 0.271 e. The lowest BCUT2D eigenvalue weighted by molar-refractivity contribution is -0.132. The van der Waals surface area contributed by atoms with Gasteiger partial charge in [0.1, 0.15) is 11.5 Å². The summed E-state index contributed by atoms with van der Waals surface area (Å²) in [7, 11) is 0. The predicted octanol–water partition coefficient (Wildman–Crippen LogP) is 3.15. The Hall–Kier alpha value is -3.35. The highest BCUT2D eigenvalue weighted by atomic mass is 19.1. The van der Waals surface area contributed by atoms with Gasteiger partial charge in [-0.25, -0.2) is 9.40 Å². The number of amides is 2. The van der Waals surface area contributed by atoms with E-state index >= 15 is 0 Å². The standard InChI is InChI=1S/C20H18FN3O3/c1-13(25)15-4-8-17(9-5-15)22-20(27)18-10-11-19(26)24(23-18)12-14-2-6-16(21)7-3-14/h2-9H,10-12H2,1H3,(H,22,27). The molecule has 1 heterocycles. The molecule has 2 amide bonds. The molecule has 27 heavy (non-hydrogen) atoms. The van der Waals surface area contributed by atoms with Crippen LogP contribution in [0.5, 0.6) is 0 Å². The van der Waals surface area contributed by atoms with E-state index < -0.39 is 5.91 Å². The van der Waals surface area contributed by atoms with Gasteiger partial charge in [-0.05, 0) is 48.9 Å². The summed E-state index contributed by atoms with van der Waals surface area (Å²) in [4.78, 5) is 35.8. The van der Waals surface area contributed by atoms with Gasteiger partial charge in [-0.3, -0.25) is 14.4 Å². The number of carbonyl (C=O) groups excluding carboxylic acids is 3. The minimum absolute atomic E-state index is 0.0560. The van der Waals surface area contributed by atoms with Crippen molar-refractivity contribution in [2.24, 2.45) is 5.10 Å². The number of Topliss-reactive ketones (excluding diaryl/α,β-unsaturated/α-hetero) is 1. The molecule has 3 rings (SSSR count). The van der Waals surface area contributed by atoms with E-state index in [4.69, 9.17) is 0 Å². The molecule has 7 heteroatoms. The van der Waals surface area contributed by atoms with Crippen LogP contribution in [-0.2, 0) is 16.1 Å². The lowest BCUT2D eigenvalue weighted by atomic mass is 10.1. The predicted molar refractivity (Wildman–Crippen MR) is 98.7 cm³/mol. The zero-order valence-corrected chi connectivity index (χ0v) is 14.7. The highest BCUT2D eigenvalue weighted by molar-refractivity contribution is 6.43. The van der Waals surface area contributed by atoms with Crippen LogP contribution in [-0.4, -0.2) is 28.3 Å². The van der Waals surface area contributed by atoms with E-state index in [9.17, 15) is 18.8 Å². The van der Waals surface area contributed by atoms with E-state index in [1.165, 1.54) is 24.1 Å². The van der Waals surface area contributed by atoms with Crippen molar-refractivity contribution in [3.05, 3.63) is 65.5 Å². The first-order valence-electron chi connectivity index (χ1n) is 8.47. The van der Waals surface area contributed by atoms with Gasteiger partial charge in [0.15, 0.2) is 5.78 Å². The van der Waals surface area contributed by atoms with Crippen LogP contribution in [0, 0.1) is 5.82 Å². The summed E-state index contributed by atoms with van der Waals surface area (Å²) in [5.74, 6) is -1.01. The smallest absolute Gasteiger partial charge is 0.271 e. The lowest BCUT2D eigenvalue weighted by Crippen LogP contribution is -2.36. The van der Waals surface area contributed by atoms with E-state index in [-0.39, 0.29) is 42.6 Å². The van der Waals surface area contributed by atoms with Gasteiger partial charge in [-0.15, -0.1) is 0 Å². The first-order chi connectivity index (χ1) is 12.9. The van der Waals surface area contributed by atoms with Crippen LogP contribution < -0.4 is 5.32 Å². The summed E-state index contributed by atoms with van der Waals surface area (Å²) in [5.41, 5.74) is 2.05. The van der Waals surface area contributed by atoms with Crippen molar-refractivity contribution in [1.29, 1.82) is 0 Å². The molecule has 0 radical (unpaired) electrons. The molecule has 0 saturated carbocycles. The largest absolute Gasteiger partial charge is 0.321 e. The minimum atomic E-state index is -0.401. The van der Waals surface area contributed by atoms with Gasteiger partial charge in [0, 0.05) is 24.1 Å². The molecule has 138 valence electrons. The van der Waals surface area contributed by atoms with Crippen molar-refractivity contribution in [3.63, 3.8) is 0 Å². The van der Waals surface area contributed by atoms with Gasteiger partial charge in [-0.1, -0.05) is 12.1 Å². The molecular formula is C20H18FN3O3. The summed E-state index contributed by atoms with van der Waals surface area (Å²) in [5, 5.41) is 8.11. The average Bonchev–Trinajstić information content (AvgIpc) is 2.65. The summed E-state index contributed by atoms with van der Waals surface area (Å²) in [6, 6.07) is 12.3. The molecule has 1 aliphatic heterocycles. The van der Waals surface area contributed by atoms with E-state index in [1.807, 2.05) is 0 Å². The van der Waals surface area contributed by atoms with Crippen LogP contribution in [0.25, 0.3) is 0 Å². The number of ketones is 1. The second-order valence-corrected chi connectivity index (χ2v) is 6.21. The number of hydrazone groups is 1. The number of hydrogen-bond acceptors (Lipinski definition) is 4. The summed E-state index contributed by atoms with van der Waals surface area (Å²) >= 11 is 0. The van der Waals surface area contributed by atoms with Gasteiger partial charge in [-0.2, -0.15) is 5.10 Å². The Labute approximate surface area is 155 Å². The topological polar surface area (TPSA) is 78.8 Å². The van der Waals surface area contributed by atoms with Gasteiger partial charge in [0.25, 0.3) is 5.91 Å². The third-order valence-corrected chi connectivity index (χ3v) is 4.16. The fourth-order valence-corrected chi connectivity index (χ4v) is 2.64. The number of rotatable bonds is 5. The summed E-state index contributed by atoms with van der Waals surface area (Å²) in [6.07, 6.45) is 0.423. The molecule has 1 N–H and O–H groups in total. The van der Waals surface area contributed by atoms with Crippen LogP contribution in [0.2, 0.25) is 0 Å². The van der Waals surface area contributed by atoms with E-state index in [0.717, 1.165) is 5.56 Å². The van der Waals surface area contributed by atoms with E-state index in [2.05, 4.69) is 10.4 Å². The number of carbonyl (C=O) groups is 3. The SMILES string of the molecule is CC(=O)c1ccc(NC(=O)C2=NN(Cc3ccc(F)cc3)C(=O)CC2)cc1. The number of halogens is 1. The Morgan fingerprint density at radius 3 is 2.37 bits per heavy atom. The van der Waals surface area contributed by atoms with Gasteiger partial charge >= 0.3 is 0 Å². The fourth-order valence-electron chi connectivity index (χ4n) is 2.64. The van der Waals surface area contributed by atoms with Gasteiger partial charge in [0.05, 0.1) is 6.54 Å². The van der Waals surface area contributed by atoms with Crippen molar-refractivity contribution < 1.29 is 18.8 Å². The second-order valence-electron chi connectivity index (χ2n) is 6.21. The molecule has 2 aromatic rings. The molecule has 0 fully saturated rings. The first-order valence-corrected chi connectivity index (χ1v) is 8.47. The van der Waals surface area contributed by atoms with E-state index in [0.29, 0.717) is 11.3 Å². The maximum atomic E-state index is 13.0. The van der Waals surface area contributed by atoms with Crippen molar-refractivity contribution >= 4 is 29.0 Å². The van der Waals surface area contributed by atoms with Crippen LogP contribution in [0.1, 0.15) is 35.7 Å². The minimum Gasteiger partial charge on any atom is -0.321 e. The van der Waals surface area contributed by atoms with Crippen LogP contribution in [0.3, 0.4) is 0 Å². The molecule has 0 spiro atoms. The van der Waals surface area contributed by atoms with Crippen molar-refractivity contribution in [3.8, 4) is 0 Å². The van der Waals surface area contributed by atoms with Gasteiger partial charge < -0.3 is 5.32 Å². The number of hydrogen-bond donors (Lipinski definition) is 1. The molecule has 0 aromatic heterocycles. The second kappa shape index (κ2) is 7.90. The number of nitrogens with one attached hydrogen (secondary N) is 1. The highest BCUT2D eigenvalue weighted by Crippen LogP contribution is 2.16. The Balaban J connectivity index is 1.70. The van der Waals surface area contributed by atoms with Crippen molar-refractivity contribution in [1.82, 2.24) is 5.01 Å². The quantitative estimate of drug-likeness (QED) is 0.825. The molecule has 0 atom stereocenters. The average molecular weight is 367 g/mol. The molecule has 6 nitrogen and oxygen atoms in total. The number of nitrogens with zero attached hydrogens (tertiary/aromatic N) is 2. The third kappa shape index (κ3) is 4.63. The molecule has 0 bridgehead atoms. The number of anilines is 1. The van der Waals surface area contributed by atoms with E-state index in [1.54, 1.807) is 36.4 Å². The van der Waals surface area contributed by atoms with Crippen molar-refractivity contribution in [2.75, 3.05) is 5.32 Å². The van der Waals surface area contributed by atoms with Crippen LogP contribution in [0.15, 0.2) is 53.6 Å². The van der Waals surface area contributed by atoms with Crippen LogP contribution in [0.4, 0.5) is 10.1 Å². The zero-order chi connectivity index (χ0) is 19.4. The monoisotopic (exact) mass is 367 g/mol. The Bertz CT molecular complexity index is 905. The molecule has 0 saturated heterocycles. The maximum absolute atomic E-state index is 13.0. The highest BCUT2D eigenvalue weighted by Gasteiger charge is 2.24. The van der Waals surface area contributed by atoms with Gasteiger partial charge in [0.2, 0.25) is 5.91 Å². The Morgan fingerprint density at radius 1 is 1.07 bits per heavy atom. The Morgan fingerprint density at radius 2 is 1.74 bits per heavy atom. The number of benzene rings is 2. The molecule has 2 aromatic carbocycles. The molecule has 0 aliphatic carbocycles. The van der Waals surface area contributed by atoms with Crippen molar-refractivity contribution in [2.45, 2.75) is 26.3 Å². The van der Waals surface area contributed by atoms with Crippen LogP contribution >= 0.6 is 0 Å². The molecular weight excluding hydrogens is 349 g/mol. The molecule has 0 unspecified atom stereocenters. The normalized spacial score (nSPS) is 13.9. The fraction of sp³-hybridized carbons (Fsp3) is 0.200. The summed E-state index contributed by atoms with van der Waals surface area (Å²) < 4.78 is 13.0. The Kier molecular flexibility index (Phi) is 5.40.